The van der Waals surface area contributed by atoms with Gasteiger partial charge in [0.2, 0.25) is 0 Å². The molecule has 1 aliphatic heterocycles. The van der Waals surface area contributed by atoms with Crippen LogP contribution in [0.3, 0.4) is 0 Å². The molecule has 3 heterocycles. The van der Waals surface area contributed by atoms with E-state index in [9.17, 15) is 5.26 Å². The molecule has 4 heteroatoms. The van der Waals surface area contributed by atoms with Crippen LogP contribution in [0.5, 0.6) is 0 Å². The molecule has 10 rings (SSSR count). The van der Waals surface area contributed by atoms with Crippen LogP contribution in [-0.2, 0) is 6.42 Å². The van der Waals surface area contributed by atoms with Crippen molar-refractivity contribution in [2.75, 3.05) is 4.90 Å². The molecule has 0 amide bonds. The van der Waals surface area contributed by atoms with Gasteiger partial charge in [-0.2, -0.15) is 5.26 Å². The third-order valence-electron chi connectivity index (χ3n) is 10.5. The molecule has 0 fully saturated rings. The van der Waals surface area contributed by atoms with E-state index in [-0.39, 0.29) is 17.9 Å². The average Bonchev–Trinajstić information content (AvgIpc) is 3.79. The summed E-state index contributed by atoms with van der Waals surface area (Å²) in [5, 5.41) is 12.9. The van der Waals surface area contributed by atoms with Gasteiger partial charge in [0.15, 0.2) is 0 Å². The van der Waals surface area contributed by atoms with Crippen LogP contribution in [0.15, 0.2) is 125 Å². The average molecular weight is 604 g/mol. The lowest BCUT2D eigenvalue weighted by Gasteiger charge is -2.33. The number of nitriles is 1. The zero-order valence-corrected chi connectivity index (χ0v) is 25.7. The number of hydrogen-bond acceptors (Lipinski definition) is 3. The summed E-state index contributed by atoms with van der Waals surface area (Å²) in [5.74, 6) is 1.12. The Morgan fingerprint density at radius 2 is 1.77 bits per heavy atom. The molecule has 3 aliphatic carbocycles. The fourth-order valence-corrected chi connectivity index (χ4v) is 8.39. The van der Waals surface area contributed by atoms with Crippen molar-refractivity contribution in [2.45, 2.75) is 37.1 Å². The molecule has 4 aliphatic rings. The summed E-state index contributed by atoms with van der Waals surface area (Å²) in [7, 11) is 0. The Morgan fingerprint density at radius 1 is 0.894 bits per heavy atom. The molecule has 4 nitrogen and oxygen atoms in total. The highest BCUT2D eigenvalue weighted by molar-refractivity contribution is 5.91. The minimum atomic E-state index is 0.0136. The number of hydrogen-bond donors (Lipinski definition) is 0. The van der Waals surface area contributed by atoms with Crippen molar-refractivity contribution in [1.29, 1.82) is 5.26 Å². The van der Waals surface area contributed by atoms with E-state index in [1.54, 1.807) is 0 Å². The zero-order valence-electron chi connectivity index (χ0n) is 25.7. The predicted molar refractivity (Wildman–Crippen MR) is 187 cm³/mol. The number of rotatable bonds is 3. The third kappa shape index (κ3) is 3.76. The van der Waals surface area contributed by atoms with Crippen molar-refractivity contribution in [3.63, 3.8) is 0 Å². The Morgan fingerprint density at radius 3 is 2.68 bits per heavy atom. The zero-order chi connectivity index (χ0) is 31.1. The maximum atomic E-state index is 10.5. The molecule has 47 heavy (non-hydrogen) atoms. The lowest BCUT2D eigenvalue weighted by atomic mass is 9.84. The highest BCUT2D eigenvalue weighted by Crippen LogP contribution is 2.52. The van der Waals surface area contributed by atoms with Crippen LogP contribution < -0.4 is 4.90 Å². The Labute approximate surface area is 273 Å². The number of nitrogens with zero attached hydrogens (tertiary/aromatic N) is 3. The van der Waals surface area contributed by atoms with Crippen molar-refractivity contribution >= 4 is 39.7 Å². The minimum absolute atomic E-state index is 0.0136. The first kappa shape index (κ1) is 26.3. The third-order valence-corrected chi connectivity index (χ3v) is 10.5. The highest BCUT2D eigenvalue weighted by Gasteiger charge is 2.45. The molecule has 3 atom stereocenters. The van der Waals surface area contributed by atoms with Crippen molar-refractivity contribution < 1.29 is 4.42 Å². The van der Waals surface area contributed by atoms with Crippen LogP contribution in [-0.4, -0.2) is 10.6 Å². The van der Waals surface area contributed by atoms with Crippen LogP contribution in [0.1, 0.15) is 58.4 Å². The van der Waals surface area contributed by atoms with Crippen molar-refractivity contribution in [3.8, 4) is 11.8 Å². The van der Waals surface area contributed by atoms with Gasteiger partial charge >= 0.3 is 0 Å². The Bertz CT molecular complexity index is 2420. The Hall–Kier alpha value is -5.97. The number of benzene rings is 3. The van der Waals surface area contributed by atoms with E-state index < -0.39 is 0 Å². The second-order valence-electron chi connectivity index (χ2n) is 12.9. The first-order chi connectivity index (χ1) is 23.3. The highest BCUT2D eigenvalue weighted by atomic mass is 16.3. The van der Waals surface area contributed by atoms with Gasteiger partial charge in [0, 0.05) is 33.9 Å². The smallest absolute Gasteiger partial charge is 0.144 e. The summed E-state index contributed by atoms with van der Waals surface area (Å²) in [6.45, 7) is 0. The lowest BCUT2D eigenvalue weighted by Crippen LogP contribution is -2.34. The van der Waals surface area contributed by atoms with E-state index in [1.807, 2.05) is 12.1 Å². The maximum absolute atomic E-state index is 10.5. The van der Waals surface area contributed by atoms with E-state index in [1.165, 1.54) is 39.0 Å². The summed E-state index contributed by atoms with van der Waals surface area (Å²) >= 11 is 0. The van der Waals surface area contributed by atoms with Crippen LogP contribution in [0.25, 0.3) is 39.7 Å². The largest absolute Gasteiger partial charge is 0.459 e. The molecule has 0 N–H and O–H groups in total. The van der Waals surface area contributed by atoms with Crippen molar-refractivity contribution in [3.05, 3.63) is 166 Å². The van der Waals surface area contributed by atoms with E-state index >= 15 is 0 Å². The number of allylic oxidation sites excluding steroid dienone is 4. The number of para-hydroxylation sites is 2. The van der Waals surface area contributed by atoms with Crippen molar-refractivity contribution in [2.24, 2.45) is 0 Å². The molecule has 0 saturated heterocycles. The van der Waals surface area contributed by atoms with Gasteiger partial charge < -0.3 is 13.9 Å². The van der Waals surface area contributed by atoms with E-state index in [0.29, 0.717) is 6.42 Å². The van der Waals surface area contributed by atoms with Gasteiger partial charge in [-0.25, -0.2) is 0 Å². The quantitative estimate of drug-likeness (QED) is 0.202. The summed E-state index contributed by atoms with van der Waals surface area (Å²) in [5.41, 5.74) is 12.4. The second-order valence-corrected chi connectivity index (χ2v) is 12.9. The number of aromatic nitrogens is 1. The van der Waals surface area contributed by atoms with Gasteiger partial charge in [0.25, 0.3) is 0 Å². The summed E-state index contributed by atoms with van der Waals surface area (Å²) in [6, 6.07) is 39.0. The van der Waals surface area contributed by atoms with E-state index in [0.717, 1.165) is 52.1 Å². The van der Waals surface area contributed by atoms with Gasteiger partial charge in [-0.3, -0.25) is 0 Å². The first-order valence-electron chi connectivity index (χ1n) is 16.4. The monoisotopic (exact) mass is 603 g/mol. The predicted octanol–water partition coefficient (Wildman–Crippen LogP) is 9.81. The standard InChI is InChI=1S/C43H29N3O/c44-26-29-25-28(27-17-20-30(21-18-27)45-37-13-5-1-9-31(37)32-10-2-6-14-38(32)45)19-23-36(29)46-39-15-7-3-12-35(39)42-40(46)24-22-34-33-11-4-8-16-41(33)47-43(34)42/h1,3,5-9,12-24,28,40,42H,2,10,25H2. The number of furan rings is 1. The molecular formula is C43H29N3O. The summed E-state index contributed by atoms with van der Waals surface area (Å²) in [6.07, 6.45) is 16.3. The van der Waals surface area contributed by atoms with Gasteiger partial charge in [-0.1, -0.05) is 85.0 Å². The van der Waals surface area contributed by atoms with Crippen LogP contribution in [0, 0.1) is 23.5 Å². The summed E-state index contributed by atoms with van der Waals surface area (Å²) in [4.78, 5) is 2.35. The fourth-order valence-electron chi connectivity index (χ4n) is 8.39. The van der Waals surface area contributed by atoms with E-state index in [4.69, 9.17) is 4.42 Å². The molecule has 0 spiro atoms. The maximum Gasteiger partial charge on any atom is 0.144 e. The molecule has 4 aromatic carbocycles. The molecule has 0 saturated carbocycles. The molecular weight excluding hydrogens is 574 g/mol. The van der Waals surface area contributed by atoms with Gasteiger partial charge in [-0.15, -0.1) is 0 Å². The normalized spacial score (nSPS) is 20.6. The molecule has 222 valence electrons. The number of anilines is 1. The SMILES string of the molecule is N#CC1=C(N2c3ccccc3C3c4oc5ccc#cc5c4C=CC32)C=CC(c2ccc(-n3c4c(c5ccccc53)CCC=C4)cc2)C1. The molecule has 3 unspecified atom stereocenters. The van der Waals surface area contributed by atoms with Gasteiger partial charge in [0.05, 0.1) is 40.2 Å². The number of fused-ring (bicyclic) bond motifs is 10. The minimum Gasteiger partial charge on any atom is -0.459 e. The second kappa shape index (κ2) is 10.0. The van der Waals surface area contributed by atoms with Crippen LogP contribution in [0.4, 0.5) is 5.69 Å². The topological polar surface area (TPSA) is 45.1 Å². The molecule has 0 radical (unpaired) electrons. The lowest BCUT2D eigenvalue weighted by molar-refractivity contribution is 0.503. The van der Waals surface area contributed by atoms with Gasteiger partial charge in [-0.05, 0) is 84.5 Å². The molecule has 2 aromatic heterocycles. The Balaban J connectivity index is 0.994. The Kier molecular flexibility index (Phi) is 5.60. The van der Waals surface area contributed by atoms with Crippen molar-refractivity contribution in [1.82, 2.24) is 4.57 Å². The number of aryl methyl sites for hydroxylation is 1. The van der Waals surface area contributed by atoms with Gasteiger partial charge in [0.1, 0.15) is 11.3 Å². The fraction of sp³-hybridized carbons (Fsp3) is 0.140. The molecule has 6 aromatic rings. The van der Waals surface area contributed by atoms with E-state index in [2.05, 4.69) is 137 Å². The summed E-state index contributed by atoms with van der Waals surface area (Å²) < 4.78 is 8.87. The first-order valence-corrected chi connectivity index (χ1v) is 16.4. The van der Waals surface area contributed by atoms with Crippen LogP contribution in [0.2, 0.25) is 0 Å². The molecule has 0 bridgehead atoms. The van der Waals surface area contributed by atoms with Crippen LogP contribution >= 0.6 is 0 Å².